The molecule has 0 N–H and O–H groups in total. The molecule has 5 aromatic rings. The number of nitrogens with zero attached hydrogens (tertiary/aromatic N) is 5. The van der Waals surface area contributed by atoms with E-state index in [-0.39, 0.29) is 12.2 Å². The van der Waals surface area contributed by atoms with Gasteiger partial charge in [0.05, 0.1) is 10.9 Å². The molecule has 0 amide bonds. The highest BCUT2D eigenvalue weighted by molar-refractivity contribution is 5.84. The molecule has 0 saturated heterocycles. The summed E-state index contributed by atoms with van der Waals surface area (Å²) in [5.74, 6) is 1.78. The summed E-state index contributed by atoms with van der Waals surface area (Å²) >= 11 is 0. The first-order chi connectivity index (χ1) is 13.6. The molecule has 28 heavy (non-hydrogen) atoms. The third-order valence-corrected chi connectivity index (χ3v) is 4.87. The highest BCUT2D eigenvalue weighted by Crippen LogP contribution is 2.25. The maximum atomic E-state index is 12.6. The van der Waals surface area contributed by atoms with Gasteiger partial charge in [-0.25, -0.2) is 4.98 Å². The first-order valence-corrected chi connectivity index (χ1v) is 8.94. The second kappa shape index (κ2) is 6.16. The first kappa shape index (κ1) is 16.4. The van der Waals surface area contributed by atoms with E-state index >= 15 is 0 Å². The van der Waals surface area contributed by atoms with Crippen molar-refractivity contribution in [3.05, 3.63) is 76.5 Å². The quantitative estimate of drug-likeness (QED) is 0.487. The van der Waals surface area contributed by atoms with Crippen LogP contribution < -0.4 is 10.3 Å². The van der Waals surface area contributed by atoms with E-state index in [4.69, 9.17) is 4.74 Å². The Morgan fingerprint density at radius 2 is 1.86 bits per heavy atom. The monoisotopic (exact) mass is 371 g/mol. The third kappa shape index (κ3) is 2.44. The molecule has 3 heterocycles. The number of hydrogen-bond donors (Lipinski definition) is 0. The number of aryl methyl sites for hydroxylation is 2. The van der Waals surface area contributed by atoms with Crippen LogP contribution in [0.3, 0.4) is 0 Å². The Morgan fingerprint density at radius 3 is 2.75 bits per heavy atom. The Kier molecular flexibility index (Phi) is 3.61. The molecule has 5 rings (SSSR count). The molecule has 0 fully saturated rings. The SMILES string of the molecule is Cc1ccc2cccc(OCc3nnc4n(C)c(=O)c5ccccc5n34)c2n1. The van der Waals surface area contributed by atoms with Gasteiger partial charge < -0.3 is 4.74 Å². The normalized spacial score (nSPS) is 11.5. The number of para-hydroxylation sites is 2. The lowest BCUT2D eigenvalue weighted by Gasteiger charge is -2.10. The molecule has 0 bridgehead atoms. The topological polar surface area (TPSA) is 74.3 Å². The van der Waals surface area contributed by atoms with Gasteiger partial charge in [0, 0.05) is 18.1 Å². The molecule has 7 nitrogen and oxygen atoms in total. The Balaban J connectivity index is 1.62. The van der Waals surface area contributed by atoms with Gasteiger partial charge in [0.15, 0.2) is 5.82 Å². The maximum Gasteiger partial charge on any atom is 0.262 e. The average molecular weight is 371 g/mol. The summed E-state index contributed by atoms with van der Waals surface area (Å²) in [4.78, 5) is 17.2. The lowest BCUT2D eigenvalue weighted by Crippen LogP contribution is -2.20. The van der Waals surface area contributed by atoms with Gasteiger partial charge in [0.25, 0.3) is 5.56 Å². The molecular formula is C21H17N5O2. The lowest BCUT2D eigenvalue weighted by atomic mass is 10.2. The molecule has 3 aromatic heterocycles. The van der Waals surface area contributed by atoms with Crippen molar-refractivity contribution in [3.63, 3.8) is 0 Å². The van der Waals surface area contributed by atoms with Crippen molar-refractivity contribution in [3.8, 4) is 5.75 Å². The van der Waals surface area contributed by atoms with Crippen LogP contribution in [0, 0.1) is 6.92 Å². The zero-order valence-electron chi connectivity index (χ0n) is 15.5. The number of fused-ring (bicyclic) bond motifs is 4. The Bertz CT molecular complexity index is 1420. The van der Waals surface area contributed by atoms with Crippen LogP contribution in [0.15, 0.2) is 59.4 Å². The molecule has 0 saturated carbocycles. The molecule has 2 aromatic carbocycles. The van der Waals surface area contributed by atoms with Crippen molar-refractivity contribution in [2.75, 3.05) is 0 Å². The van der Waals surface area contributed by atoms with Crippen molar-refractivity contribution in [2.24, 2.45) is 7.05 Å². The van der Waals surface area contributed by atoms with E-state index in [1.54, 1.807) is 13.1 Å². The summed E-state index contributed by atoms with van der Waals surface area (Å²) in [6.45, 7) is 2.16. The molecule has 0 spiro atoms. The zero-order valence-corrected chi connectivity index (χ0v) is 15.5. The molecule has 0 radical (unpaired) electrons. The molecule has 0 unspecified atom stereocenters. The minimum absolute atomic E-state index is 0.100. The average Bonchev–Trinajstić information content (AvgIpc) is 3.15. The van der Waals surface area contributed by atoms with Crippen molar-refractivity contribution >= 4 is 27.6 Å². The van der Waals surface area contributed by atoms with Gasteiger partial charge in [-0.3, -0.25) is 13.8 Å². The number of pyridine rings is 1. The van der Waals surface area contributed by atoms with Crippen LogP contribution in [0.1, 0.15) is 11.5 Å². The summed E-state index contributed by atoms with van der Waals surface area (Å²) in [6, 6.07) is 17.3. The Hall–Kier alpha value is -3.74. The Morgan fingerprint density at radius 1 is 1.00 bits per heavy atom. The fourth-order valence-corrected chi connectivity index (χ4v) is 3.46. The molecule has 0 aliphatic rings. The van der Waals surface area contributed by atoms with Crippen LogP contribution in [0.4, 0.5) is 0 Å². The van der Waals surface area contributed by atoms with Crippen molar-refractivity contribution in [2.45, 2.75) is 13.5 Å². The van der Waals surface area contributed by atoms with Crippen molar-refractivity contribution < 1.29 is 4.74 Å². The second-order valence-electron chi connectivity index (χ2n) is 6.70. The van der Waals surface area contributed by atoms with Crippen LogP contribution >= 0.6 is 0 Å². The van der Waals surface area contributed by atoms with Crippen LogP contribution in [-0.4, -0.2) is 24.1 Å². The predicted molar refractivity (Wildman–Crippen MR) is 107 cm³/mol. The van der Waals surface area contributed by atoms with E-state index in [9.17, 15) is 4.79 Å². The van der Waals surface area contributed by atoms with Crippen molar-refractivity contribution in [1.29, 1.82) is 0 Å². The van der Waals surface area contributed by atoms with E-state index in [0.29, 0.717) is 22.7 Å². The second-order valence-corrected chi connectivity index (χ2v) is 6.70. The summed E-state index contributed by atoms with van der Waals surface area (Å²) in [5, 5.41) is 10.1. The molecule has 0 atom stereocenters. The highest BCUT2D eigenvalue weighted by Gasteiger charge is 2.15. The number of hydrogen-bond acceptors (Lipinski definition) is 5. The standard InChI is InChI=1S/C21H17N5O2/c1-13-10-11-14-6-5-9-17(19(14)22-13)28-12-18-23-24-21-25(2)20(27)15-7-3-4-8-16(15)26(18)21/h3-11H,12H2,1-2H3. The summed E-state index contributed by atoms with van der Waals surface area (Å²) in [7, 11) is 1.70. The lowest BCUT2D eigenvalue weighted by molar-refractivity contribution is 0.298. The zero-order chi connectivity index (χ0) is 19.3. The fourth-order valence-electron chi connectivity index (χ4n) is 3.46. The summed E-state index contributed by atoms with van der Waals surface area (Å²) < 4.78 is 9.44. The van der Waals surface area contributed by atoms with Gasteiger partial charge in [-0.2, -0.15) is 0 Å². The van der Waals surface area contributed by atoms with Gasteiger partial charge in [0.1, 0.15) is 17.9 Å². The first-order valence-electron chi connectivity index (χ1n) is 8.94. The summed E-state index contributed by atoms with van der Waals surface area (Å²) in [5.41, 5.74) is 2.40. The van der Waals surface area contributed by atoms with E-state index in [1.165, 1.54) is 4.57 Å². The largest absolute Gasteiger partial charge is 0.483 e. The van der Waals surface area contributed by atoms with E-state index in [1.807, 2.05) is 59.9 Å². The molecule has 138 valence electrons. The van der Waals surface area contributed by atoms with Crippen LogP contribution in [-0.2, 0) is 13.7 Å². The van der Waals surface area contributed by atoms with Gasteiger partial charge >= 0.3 is 0 Å². The van der Waals surface area contributed by atoms with E-state index < -0.39 is 0 Å². The number of ether oxygens (including phenoxy) is 1. The van der Waals surface area contributed by atoms with Gasteiger partial charge in [-0.1, -0.05) is 30.3 Å². The van der Waals surface area contributed by atoms with Gasteiger partial charge in [-0.05, 0) is 31.2 Å². The minimum Gasteiger partial charge on any atom is -0.483 e. The molecule has 0 aliphatic heterocycles. The van der Waals surface area contributed by atoms with Crippen LogP contribution in [0.2, 0.25) is 0 Å². The van der Waals surface area contributed by atoms with E-state index in [0.717, 1.165) is 22.1 Å². The smallest absolute Gasteiger partial charge is 0.262 e. The number of benzene rings is 2. The van der Waals surface area contributed by atoms with Gasteiger partial charge in [-0.15, -0.1) is 10.2 Å². The predicted octanol–water partition coefficient (Wildman–Crippen LogP) is 3.02. The van der Waals surface area contributed by atoms with E-state index in [2.05, 4.69) is 15.2 Å². The summed E-state index contributed by atoms with van der Waals surface area (Å²) in [6.07, 6.45) is 0. The molecule has 0 aliphatic carbocycles. The fraction of sp³-hybridized carbons (Fsp3) is 0.143. The van der Waals surface area contributed by atoms with Crippen LogP contribution in [0.25, 0.3) is 27.6 Å². The Labute approximate surface area is 159 Å². The highest BCUT2D eigenvalue weighted by atomic mass is 16.5. The third-order valence-electron chi connectivity index (χ3n) is 4.87. The molecule has 7 heteroatoms. The minimum atomic E-state index is -0.100. The number of rotatable bonds is 3. The van der Waals surface area contributed by atoms with Gasteiger partial charge in [0.2, 0.25) is 5.78 Å². The number of aromatic nitrogens is 5. The van der Waals surface area contributed by atoms with Crippen molar-refractivity contribution in [1.82, 2.24) is 24.1 Å². The maximum absolute atomic E-state index is 12.6. The molecular weight excluding hydrogens is 354 g/mol. The van der Waals surface area contributed by atoms with Crippen LogP contribution in [0.5, 0.6) is 5.75 Å².